The minimum absolute atomic E-state index is 0.0753. The maximum absolute atomic E-state index is 13.9. The summed E-state index contributed by atoms with van der Waals surface area (Å²) in [6, 6.07) is 21.4. The number of benzene rings is 3. The molecule has 1 N–H and O–H groups in total. The van der Waals surface area contributed by atoms with Crippen LogP contribution in [-0.2, 0) is 27.5 Å². The standard InChI is InChI=1S/C33H33FN2O6/c1-4-33(5-2,32(40)41-3)19-30(37)36(20-22-8-6-9-24(16-22)31(38)39)27-10-7-11-28(18-27)42-21-26-15-13-23-12-14-25(34)17-29(23)35-26/h6-18H,4-5,19-21H2,1-3H3,(H,38,39). The van der Waals surface area contributed by atoms with Gasteiger partial charge < -0.3 is 19.5 Å². The maximum Gasteiger partial charge on any atom is 0.335 e. The Hall–Kier alpha value is -4.79. The zero-order valence-electron chi connectivity index (χ0n) is 23.8. The molecule has 0 spiro atoms. The Kier molecular flexibility index (Phi) is 9.52. The van der Waals surface area contributed by atoms with E-state index in [2.05, 4.69) is 4.98 Å². The van der Waals surface area contributed by atoms with Crippen LogP contribution in [-0.4, -0.2) is 35.0 Å². The van der Waals surface area contributed by atoms with Crippen LogP contribution in [0, 0.1) is 11.2 Å². The third-order valence-corrected chi connectivity index (χ3v) is 7.51. The van der Waals surface area contributed by atoms with Gasteiger partial charge in [0, 0.05) is 29.6 Å². The fourth-order valence-electron chi connectivity index (χ4n) is 4.88. The molecule has 0 atom stereocenters. The van der Waals surface area contributed by atoms with Gasteiger partial charge in [-0.15, -0.1) is 0 Å². The van der Waals surface area contributed by atoms with Crippen molar-refractivity contribution in [1.82, 2.24) is 4.98 Å². The van der Waals surface area contributed by atoms with Crippen molar-refractivity contribution in [3.8, 4) is 5.75 Å². The normalized spacial score (nSPS) is 11.2. The van der Waals surface area contributed by atoms with Gasteiger partial charge in [-0.05, 0) is 60.9 Å². The summed E-state index contributed by atoms with van der Waals surface area (Å²) in [6.45, 7) is 3.88. The fourth-order valence-corrected chi connectivity index (χ4v) is 4.88. The topological polar surface area (TPSA) is 106 Å². The van der Waals surface area contributed by atoms with Gasteiger partial charge >= 0.3 is 11.9 Å². The van der Waals surface area contributed by atoms with E-state index in [9.17, 15) is 23.9 Å². The molecule has 0 aliphatic rings. The first-order valence-electron chi connectivity index (χ1n) is 13.7. The Morgan fingerprint density at radius 1 is 0.952 bits per heavy atom. The van der Waals surface area contributed by atoms with Gasteiger partial charge in [-0.25, -0.2) is 14.2 Å². The third kappa shape index (κ3) is 6.91. The second-order valence-corrected chi connectivity index (χ2v) is 10.1. The van der Waals surface area contributed by atoms with Crippen LogP contribution < -0.4 is 9.64 Å². The molecule has 0 unspecified atom stereocenters. The molecule has 4 aromatic rings. The lowest BCUT2D eigenvalue weighted by Crippen LogP contribution is -2.40. The van der Waals surface area contributed by atoms with Gasteiger partial charge in [0.15, 0.2) is 0 Å². The average molecular weight is 573 g/mol. The summed E-state index contributed by atoms with van der Waals surface area (Å²) in [5.41, 5.74) is 1.35. The molecule has 0 aliphatic carbocycles. The molecule has 0 radical (unpaired) electrons. The van der Waals surface area contributed by atoms with Gasteiger partial charge in [-0.1, -0.05) is 38.1 Å². The molecule has 1 aromatic heterocycles. The highest BCUT2D eigenvalue weighted by molar-refractivity contribution is 5.97. The Labute approximate surface area is 243 Å². The zero-order chi connectivity index (χ0) is 30.3. The van der Waals surface area contributed by atoms with Crippen molar-refractivity contribution in [3.63, 3.8) is 0 Å². The van der Waals surface area contributed by atoms with Crippen LogP contribution in [0.15, 0.2) is 78.9 Å². The first-order chi connectivity index (χ1) is 20.2. The SMILES string of the molecule is CCC(CC)(CC(=O)N(Cc1cccc(C(=O)O)c1)c1cccc(OCc2ccc3ccc(F)cc3n2)c1)C(=O)OC. The number of pyridine rings is 1. The number of aromatic nitrogens is 1. The molecular weight excluding hydrogens is 539 g/mol. The second kappa shape index (κ2) is 13.2. The number of carboxylic acid groups (broad SMARTS) is 1. The minimum atomic E-state index is -1.07. The Morgan fingerprint density at radius 3 is 2.40 bits per heavy atom. The summed E-state index contributed by atoms with van der Waals surface area (Å²) in [5.74, 6) is -1.75. The van der Waals surface area contributed by atoms with E-state index in [1.54, 1.807) is 48.5 Å². The molecule has 1 amide bonds. The predicted octanol–water partition coefficient (Wildman–Crippen LogP) is 6.55. The fraction of sp³-hybridized carbons (Fsp3) is 0.273. The summed E-state index contributed by atoms with van der Waals surface area (Å²) < 4.78 is 24.7. The van der Waals surface area contributed by atoms with Crippen LogP contribution in [0.5, 0.6) is 5.75 Å². The van der Waals surface area contributed by atoms with Gasteiger partial charge in [-0.3, -0.25) is 9.59 Å². The van der Waals surface area contributed by atoms with Crippen LogP contribution in [0.4, 0.5) is 10.1 Å². The summed E-state index contributed by atoms with van der Waals surface area (Å²) in [4.78, 5) is 44.2. The first-order valence-corrected chi connectivity index (χ1v) is 13.7. The molecule has 3 aromatic carbocycles. The molecule has 1 heterocycles. The molecule has 0 saturated heterocycles. The summed E-state index contributed by atoms with van der Waals surface area (Å²) in [6.07, 6.45) is 0.736. The van der Waals surface area contributed by atoms with E-state index in [1.165, 1.54) is 36.3 Å². The summed E-state index contributed by atoms with van der Waals surface area (Å²) in [5, 5.41) is 10.3. The highest BCUT2D eigenvalue weighted by Gasteiger charge is 2.39. The van der Waals surface area contributed by atoms with Crippen LogP contribution >= 0.6 is 0 Å². The Bertz CT molecular complexity index is 1600. The van der Waals surface area contributed by atoms with E-state index in [-0.39, 0.29) is 36.9 Å². The van der Waals surface area contributed by atoms with Crippen molar-refractivity contribution in [2.75, 3.05) is 12.0 Å². The quantitative estimate of drug-likeness (QED) is 0.192. The van der Waals surface area contributed by atoms with Crippen molar-refractivity contribution in [2.24, 2.45) is 5.41 Å². The number of amides is 1. The number of nitrogens with zero attached hydrogens (tertiary/aromatic N) is 2. The maximum atomic E-state index is 13.9. The van der Waals surface area contributed by atoms with E-state index < -0.39 is 17.4 Å². The van der Waals surface area contributed by atoms with Gasteiger partial charge in [0.05, 0.1) is 35.8 Å². The van der Waals surface area contributed by atoms with E-state index in [0.29, 0.717) is 41.1 Å². The van der Waals surface area contributed by atoms with Gasteiger partial charge in [-0.2, -0.15) is 0 Å². The van der Waals surface area contributed by atoms with Crippen LogP contribution in [0.25, 0.3) is 10.9 Å². The molecule has 0 saturated carbocycles. The average Bonchev–Trinajstić information content (AvgIpc) is 3.01. The monoisotopic (exact) mass is 572 g/mol. The molecule has 0 fully saturated rings. The lowest BCUT2D eigenvalue weighted by atomic mass is 9.78. The highest BCUT2D eigenvalue weighted by atomic mass is 19.1. The van der Waals surface area contributed by atoms with Gasteiger partial charge in [0.25, 0.3) is 0 Å². The number of fused-ring (bicyclic) bond motifs is 1. The number of ether oxygens (including phenoxy) is 2. The van der Waals surface area contributed by atoms with Gasteiger partial charge in [0.2, 0.25) is 5.91 Å². The summed E-state index contributed by atoms with van der Waals surface area (Å²) >= 11 is 0. The number of hydrogen-bond acceptors (Lipinski definition) is 6. The van der Waals surface area contributed by atoms with Gasteiger partial charge in [0.1, 0.15) is 18.2 Å². The van der Waals surface area contributed by atoms with Crippen molar-refractivity contribution >= 4 is 34.4 Å². The molecule has 0 aliphatic heterocycles. The molecule has 9 heteroatoms. The Morgan fingerprint density at radius 2 is 1.69 bits per heavy atom. The number of hydrogen-bond donors (Lipinski definition) is 1. The molecule has 4 rings (SSSR count). The van der Waals surface area contributed by atoms with Crippen molar-refractivity contribution in [1.29, 1.82) is 0 Å². The number of carboxylic acids is 1. The molecular formula is C33H33FN2O6. The van der Waals surface area contributed by atoms with E-state index in [4.69, 9.17) is 9.47 Å². The van der Waals surface area contributed by atoms with Crippen LogP contribution in [0.3, 0.4) is 0 Å². The number of rotatable bonds is 12. The van der Waals surface area contributed by atoms with Crippen LogP contribution in [0.1, 0.15) is 54.7 Å². The third-order valence-electron chi connectivity index (χ3n) is 7.51. The van der Waals surface area contributed by atoms with E-state index >= 15 is 0 Å². The number of aromatic carboxylic acids is 1. The first kappa shape index (κ1) is 30.2. The van der Waals surface area contributed by atoms with E-state index in [0.717, 1.165) is 5.39 Å². The number of carbonyl (C=O) groups is 3. The zero-order valence-corrected chi connectivity index (χ0v) is 23.8. The van der Waals surface area contributed by atoms with Crippen molar-refractivity contribution in [2.45, 2.75) is 46.3 Å². The lowest BCUT2D eigenvalue weighted by Gasteiger charge is -2.31. The highest BCUT2D eigenvalue weighted by Crippen LogP contribution is 2.35. The number of halogens is 1. The van der Waals surface area contributed by atoms with Crippen molar-refractivity contribution in [3.05, 3.63) is 102 Å². The lowest BCUT2D eigenvalue weighted by molar-refractivity contribution is -0.155. The second-order valence-electron chi connectivity index (χ2n) is 10.1. The molecule has 0 bridgehead atoms. The number of carbonyl (C=O) groups excluding carboxylic acids is 2. The smallest absolute Gasteiger partial charge is 0.335 e. The largest absolute Gasteiger partial charge is 0.487 e. The van der Waals surface area contributed by atoms with Crippen molar-refractivity contribution < 1.29 is 33.4 Å². The Balaban J connectivity index is 1.63. The molecule has 218 valence electrons. The van der Waals surface area contributed by atoms with E-state index in [1.807, 2.05) is 19.9 Å². The van der Waals surface area contributed by atoms with Crippen LogP contribution in [0.2, 0.25) is 0 Å². The number of esters is 1. The molecule has 8 nitrogen and oxygen atoms in total. The number of anilines is 1. The minimum Gasteiger partial charge on any atom is -0.487 e. The molecule has 42 heavy (non-hydrogen) atoms. The summed E-state index contributed by atoms with van der Waals surface area (Å²) in [7, 11) is 1.31. The number of methoxy groups -OCH3 is 1. The predicted molar refractivity (Wildman–Crippen MR) is 157 cm³/mol.